The van der Waals surface area contributed by atoms with E-state index in [0.717, 1.165) is 19.3 Å². The van der Waals surface area contributed by atoms with Crippen molar-refractivity contribution in [1.82, 2.24) is 14.5 Å². The summed E-state index contributed by atoms with van der Waals surface area (Å²) in [6.45, 7) is 4.96. The summed E-state index contributed by atoms with van der Waals surface area (Å²) < 4.78 is 6.90. The van der Waals surface area contributed by atoms with Crippen LogP contribution >= 0.6 is 11.6 Å². The van der Waals surface area contributed by atoms with Gasteiger partial charge in [-0.15, -0.1) is 0 Å². The molecule has 0 saturated heterocycles. The molecular weight excluding hydrogens is 438 g/mol. The van der Waals surface area contributed by atoms with Crippen molar-refractivity contribution < 1.29 is 9.53 Å². The first kappa shape index (κ1) is 24.9. The third kappa shape index (κ3) is 5.81. The number of rotatable bonds is 11. The van der Waals surface area contributed by atoms with Gasteiger partial charge in [0.15, 0.2) is 0 Å². The van der Waals surface area contributed by atoms with Crippen molar-refractivity contribution in [3.63, 3.8) is 0 Å². The maximum absolute atomic E-state index is 13.7. The number of aromatic nitrogens is 2. The van der Waals surface area contributed by atoms with Crippen molar-refractivity contribution >= 4 is 28.4 Å². The lowest BCUT2D eigenvalue weighted by Gasteiger charge is -2.32. The van der Waals surface area contributed by atoms with Crippen LogP contribution in [-0.4, -0.2) is 40.6 Å². The minimum Gasteiger partial charge on any atom is -0.383 e. The van der Waals surface area contributed by atoms with Crippen molar-refractivity contribution in [1.29, 1.82) is 0 Å². The Morgan fingerprint density at radius 3 is 2.64 bits per heavy atom. The zero-order chi connectivity index (χ0) is 23.8. The molecule has 6 nitrogen and oxygen atoms in total. The number of amides is 1. The predicted molar refractivity (Wildman–Crippen MR) is 133 cm³/mol. The number of carbonyl (C=O) groups excluding carboxylic acids is 1. The van der Waals surface area contributed by atoms with Crippen molar-refractivity contribution in [2.45, 2.75) is 52.0 Å². The van der Waals surface area contributed by atoms with E-state index in [-0.39, 0.29) is 17.5 Å². The number of unbranched alkanes of at least 4 members (excludes halogenated alkanes) is 2. The highest BCUT2D eigenvalue weighted by Gasteiger charge is 2.28. The van der Waals surface area contributed by atoms with Gasteiger partial charge in [-0.2, -0.15) is 0 Å². The Balaban J connectivity index is 2.19. The molecule has 0 spiro atoms. The molecule has 0 radical (unpaired) electrons. The number of benzene rings is 2. The average molecular weight is 470 g/mol. The van der Waals surface area contributed by atoms with Gasteiger partial charge in [-0.05, 0) is 43.2 Å². The van der Waals surface area contributed by atoms with E-state index < -0.39 is 0 Å². The van der Waals surface area contributed by atoms with Crippen molar-refractivity contribution in [3.8, 4) is 5.69 Å². The lowest BCUT2D eigenvalue weighted by atomic mass is 10.1. The molecule has 1 amide bonds. The highest BCUT2D eigenvalue weighted by atomic mass is 35.5. The Bertz CT molecular complexity index is 1150. The summed E-state index contributed by atoms with van der Waals surface area (Å²) in [5.41, 5.74) is 1.06. The van der Waals surface area contributed by atoms with Gasteiger partial charge in [0, 0.05) is 25.1 Å². The van der Waals surface area contributed by atoms with Gasteiger partial charge in [-0.25, -0.2) is 4.98 Å². The van der Waals surface area contributed by atoms with E-state index in [2.05, 4.69) is 6.92 Å². The highest BCUT2D eigenvalue weighted by molar-refractivity contribution is 6.30. The van der Waals surface area contributed by atoms with Crippen LogP contribution in [0.5, 0.6) is 0 Å². The van der Waals surface area contributed by atoms with Gasteiger partial charge < -0.3 is 9.64 Å². The minimum absolute atomic E-state index is 0.0485. The second kappa shape index (κ2) is 12.0. The topological polar surface area (TPSA) is 64.4 Å². The van der Waals surface area contributed by atoms with Crippen molar-refractivity contribution in [2.75, 3.05) is 20.3 Å². The average Bonchev–Trinajstić information content (AvgIpc) is 2.82. The normalized spacial score (nSPS) is 12.1. The Morgan fingerprint density at radius 1 is 1.15 bits per heavy atom. The van der Waals surface area contributed by atoms with Gasteiger partial charge in [0.25, 0.3) is 5.56 Å². The molecule has 1 unspecified atom stereocenters. The number of para-hydroxylation sites is 1. The van der Waals surface area contributed by atoms with Gasteiger partial charge >= 0.3 is 0 Å². The van der Waals surface area contributed by atoms with E-state index in [9.17, 15) is 9.59 Å². The van der Waals surface area contributed by atoms with Crippen molar-refractivity contribution in [2.24, 2.45) is 0 Å². The molecule has 1 atom stereocenters. The van der Waals surface area contributed by atoms with Gasteiger partial charge in [0.05, 0.1) is 29.2 Å². The molecule has 1 aromatic heterocycles. The smallest absolute Gasteiger partial charge is 0.266 e. The molecule has 0 aliphatic heterocycles. The molecule has 3 rings (SSSR count). The second-order valence-corrected chi connectivity index (χ2v) is 8.51. The molecule has 1 heterocycles. The van der Waals surface area contributed by atoms with Crippen LogP contribution in [0.3, 0.4) is 0 Å². The molecule has 3 aromatic rings. The molecule has 0 aliphatic rings. The largest absolute Gasteiger partial charge is 0.383 e. The third-order valence-electron chi connectivity index (χ3n) is 5.78. The summed E-state index contributed by atoms with van der Waals surface area (Å²) in [4.78, 5) is 33.7. The van der Waals surface area contributed by atoms with Gasteiger partial charge in [-0.1, -0.05) is 56.5 Å². The molecule has 176 valence electrons. The van der Waals surface area contributed by atoms with Gasteiger partial charge in [0.1, 0.15) is 5.82 Å². The maximum Gasteiger partial charge on any atom is 0.266 e. The number of nitrogens with zero attached hydrogens (tertiary/aromatic N) is 3. The molecule has 0 saturated carbocycles. The number of ether oxygens (including phenoxy) is 1. The summed E-state index contributed by atoms with van der Waals surface area (Å²) >= 11 is 6.27. The molecule has 0 bridgehead atoms. The van der Waals surface area contributed by atoms with Crippen LogP contribution in [0.2, 0.25) is 5.02 Å². The zero-order valence-electron chi connectivity index (χ0n) is 19.6. The highest BCUT2D eigenvalue weighted by Crippen LogP contribution is 2.27. The van der Waals surface area contributed by atoms with Gasteiger partial charge in [0.2, 0.25) is 5.91 Å². The quantitative estimate of drug-likeness (QED) is 0.345. The number of methoxy groups -OCH3 is 1. The monoisotopic (exact) mass is 469 g/mol. The zero-order valence-corrected chi connectivity index (χ0v) is 20.3. The molecule has 0 fully saturated rings. The van der Waals surface area contributed by atoms with Crippen LogP contribution in [0.1, 0.15) is 57.8 Å². The van der Waals surface area contributed by atoms with Crippen molar-refractivity contribution in [3.05, 3.63) is 69.7 Å². The number of hydrogen-bond donors (Lipinski definition) is 0. The standard InChI is InChI=1S/C26H32ClN3O3/c1-4-6-7-15-24(31)29(16-17-33-3)23(5-2)25-28-22-14-9-8-13-21(22)26(32)30(25)20-12-10-11-19(27)18-20/h8-14,18,23H,4-7,15-17H2,1-3H3. The Morgan fingerprint density at radius 2 is 1.94 bits per heavy atom. The SMILES string of the molecule is CCCCCC(=O)N(CCOC)C(CC)c1nc2ccccc2c(=O)n1-c1cccc(Cl)c1. The van der Waals surface area contributed by atoms with E-state index in [0.29, 0.717) is 53.4 Å². The lowest BCUT2D eigenvalue weighted by Crippen LogP contribution is -2.40. The molecule has 0 aliphatic carbocycles. The fourth-order valence-electron chi connectivity index (χ4n) is 4.09. The summed E-state index contributed by atoms with van der Waals surface area (Å²) in [6, 6.07) is 14.1. The molecule has 33 heavy (non-hydrogen) atoms. The maximum atomic E-state index is 13.7. The Labute approximate surface area is 200 Å². The van der Waals surface area contributed by atoms with Crippen LogP contribution in [0.25, 0.3) is 16.6 Å². The Kier molecular flexibility index (Phi) is 9.03. The number of fused-ring (bicyclic) bond motifs is 1. The summed E-state index contributed by atoms with van der Waals surface area (Å²) in [6.07, 6.45) is 3.95. The summed E-state index contributed by atoms with van der Waals surface area (Å²) in [5, 5.41) is 1.05. The fraction of sp³-hybridized carbons (Fsp3) is 0.423. The Hall–Kier alpha value is -2.70. The summed E-state index contributed by atoms with van der Waals surface area (Å²) in [5.74, 6) is 0.579. The van der Waals surface area contributed by atoms with Gasteiger partial charge in [-0.3, -0.25) is 14.2 Å². The molecular formula is C26H32ClN3O3. The number of carbonyl (C=O) groups is 1. The molecule has 2 aromatic carbocycles. The van der Waals surface area contributed by atoms with E-state index in [4.69, 9.17) is 21.3 Å². The first-order valence-corrected chi connectivity index (χ1v) is 12.0. The van der Waals surface area contributed by atoms with E-state index >= 15 is 0 Å². The number of hydrogen-bond acceptors (Lipinski definition) is 4. The fourth-order valence-corrected chi connectivity index (χ4v) is 4.28. The predicted octanol–water partition coefficient (Wildman–Crippen LogP) is 5.55. The third-order valence-corrected chi connectivity index (χ3v) is 6.01. The van der Waals surface area contributed by atoms with E-state index in [1.165, 1.54) is 0 Å². The summed E-state index contributed by atoms with van der Waals surface area (Å²) in [7, 11) is 1.62. The minimum atomic E-state index is -0.384. The first-order chi connectivity index (χ1) is 16.0. The van der Waals surface area contributed by atoms with Crippen LogP contribution in [0, 0.1) is 0 Å². The van der Waals surface area contributed by atoms with Crippen LogP contribution in [-0.2, 0) is 9.53 Å². The van der Waals surface area contributed by atoms with Crippen LogP contribution in [0.4, 0.5) is 0 Å². The van der Waals surface area contributed by atoms with E-state index in [1.54, 1.807) is 29.9 Å². The first-order valence-electron chi connectivity index (χ1n) is 11.6. The van der Waals surface area contributed by atoms with Crippen LogP contribution in [0.15, 0.2) is 53.3 Å². The second-order valence-electron chi connectivity index (χ2n) is 8.07. The lowest BCUT2D eigenvalue weighted by molar-refractivity contribution is -0.135. The molecule has 7 heteroatoms. The number of halogens is 1. The van der Waals surface area contributed by atoms with Crippen LogP contribution < -0.4 is 5.56 Å². The molecule has 0 N–H and O–H groups in total. The van der Waals surface area contributed by atoms with E-state index in [1.807, 2.05) is 42.2 Å².